The van der Waals surface area contributed by atoms with Crippen LogP contribution in [0.1, 0.15) is 49.8 Å². The SMILES string of the molecule is COc1cccc(OC)c1-n1c(CCCCO)nnc1NS(=O)(=O)C(C)C(C)c1ncc(C)cn1. The van der Waals surface area contributed by atoms with E-state index in [0.717, 1.165) is 5.56 Å². The molecule has 2 aromatic heterocycles. The van der Waals surface area contributed by atoms with Gasteiger partial charge in [-0.05, 0) is 44.4 Å². The average Bonchev–Trinajstić information content (AvgIpc) is 3.24. The fourth-order valence-corrected chi connectivity index (χ4v) is 4.79. The number of sulfonamides is 1. The number of benzene rings is 1. The number of aryl methyl sites for hydroxylation is 2. The Balaban J connectivity index is 2.03. The average molecular weight is 505 g/mol. The third-order valence-corrected chi connectivity index (χ3v) is 7.65. The Labute approximate surface area is 205 Å². The number of nitrogens with one attached hydrogen (secondary N) is 1. The fraction of sp³-hybridized carbons (Fsp3) is 0.478. The normalized spacial score (nSPS) is 13.3. The van der Waals surface area contributed by atoms with Gasteiger partial charge in [0.1, 0.15) is 28.8 Å². The number of unbranched alkanes of at least 4 members (excludes halogenated alkanes) is 1. The van der Waals surface area contributed by atoms with Gasteiger partial charge >= 0.3 is 0 Å². The summed E-state index contributed by atoms with van der Waals surface area (Å²) in [6.07, 6.45) is 4.99. The molecule has 12 heteroatoms. The molecule has 0 amide bonds. The van der Waals surface area contributed by atoms with Crippen LogP contribution in [-0.4, -0.2) is 64.3 Å². The third-order valence-electron chi connectivity index (χ3n) is 5.80. The lowest BCUT2D eigenvalue weighted by Gasteiger charge is -2.21. The van der Waals surface area contributed by atoms with E-state index in [1.54, 1.807) is 49.0 Å². The van der Waals surface area contributed by atoms with E-state index in [0.29, 0.717) is 48.1 Å². The molecule has 0 saturated carbocycles. The van der Waals surface area contributed by atoms with Crippen LogP contribution in [0.2, 0.25) is 0 Å². The van der Waals surface area contributed by atoms with Gasteiger partial charge < -0.3 is 14.6 Å². The molecule has 1 aromatic carbocycles. The van der Waals surface area contributed by atoms with Crippen molar-refractivity contribution in [2.45, 2.75) is 51.2 Å². The molecular formula is C23H32N6O5S. The Morgan fingerprint density at radius 1 is 1.06 bits per heavy atom. The summed E-state index contributed by atoms with van der Waals surface area (Å²) in [5.74, 6) is 1.39. The van der Waals surface area contributed by atoms with Gasteiger partial charge in [0.15, 0.2) is 0 Å². The van der Waals surface area contributed by atoms with Crippen LogP contribution in [0, 0.1) is 6.92 Å². The topological polar surface area (TPSA) is 141 Å². The molecule has 0 fully saturated rings. The Bertz CT molecular complexity index is 1210. The summed E-state index contributed by atoms with van der Waals surface area (Å²) in [6.45, 7) is 5.28. The lowest BCUT2D eigenvalue weighted by atomic mass is 10.1. The number of aliphatic hydroxyl groups is 1. The number of anilines is 1. The number of para-hydroxylation sites is 1. The number of hydrogen-bond acceptors (Lipinski definition) is 9. The number of aromatic nitrogens is 5. The van der Waals surface area contributed by atoms with Crippen molar-refractivity contribution in [3.05, 3.63) is 47.8 Å². The highest BCUT2D eigenvalue weighted by Gasteiger charge is 2.32. The molecule has 3 aromatic rings. The van der Waals surface area contributed by atoms with Crippen LogP contribution in [0.25, 0.3) is 5.69 Å². The molecule has 2 unspecified atom stereocenters. The first kappa shape index (κ1) is 26.4. The van der Waals surface area contributed by atoms with Crippen molar-refractivity contribution >= 4 is 16.0 Å². The number of hydrogen-bond donors (Lipinski definition) is 2. The van der Waals surface area contributed by atoms with Crippen LogP contribution >= 0.6 is 0 Å². The summed E-state index contributed by atoms with van der Waals surface area (Å²) in [4.78, 5) is 8.57. The van der Waals surface area contributed by atoms with Crippen LogP contribution in [0.5, 0.6) is 11.5 Å². The summed E-state index contributed by atoms with van der Waals surface area (Å²) < 4.78 is 42.1. The van der Waals surface area contributed by atoms with Crippen LogP contribution in [0.3, 0.4) is 0 Å². The van der Waals surface area contributed by atoms with Crippen molar-refractivity contribution in [3.63, 3.8) is 0 Å². The second-order valence-electron chi connectivity index (χ2n) is 8.23. The van der Waals surface area contributed by atoms with Gasteiger partial charge in [0.05, 0.1) is 19.5 Å². The second-order valence-corrected chi connectivity index (χ2v) is 10.3. The number of aliphatic hydroxyl groups excluding tert-OH is 1. The van der Waals surface area contributed by atoms with Gasteiger partial charge in [0.25, 0.3) is 0 Å². The zero-order chi connectivity index (χ0) is 25.6. The van der Waals surface area contributed by atoms with Gasteiger partial charge in [-0.15, -0.1) is 10.2 Å². The highest BCUT2D eigenvalue weighted by Crippen LogP contribution is 2.36. The molecule has 35 heavy (non-hydrogen) atoms. The molecule has 0 saturated heterocycles. The molecule has 0 radical (unpaired) electrons. The van der Waals surface area contributed by atoms with Crippen LogP contribution in [0.15, 0.2) is 30.6 Å². The van der Waals surface area contributed by atoms with Crippen molar-refractivity contribution < 1.29 is 23.0 Å². The maximum atomic E-state index is 13.4. The van der Waals surface area contributed by atoms with E-state index in [1.165, 1.54) is 14.2 Å². The zero-order valence-electron chi connectivity index (χ0n) is 20.6. The quantitative estimate of drug-likeness (QED) is 0.356. The van der Waals surface area contributed by atoms with Gasteiger partial charge in [0, 0.05) is 31.3 Å². The van der Waals surface area contributed by atoms with Crippen molar-refractivity contribution in [3.8, 4) is 17.2 Å². The molecule has 0 aliphatic rings. The lowest BCUT2D eigenvalue weighted by molar-refractivity contribution is 0.284. The third kappa shape index (κ3) is 5.88. The summed E-state index contributed by atoms with van der Waals surface area (Å²) in [5.41, 5.74) is 1.36. The maximum absolute atomic E-state index is 13.4. The number of ether oxygens (including phenoxy) is 2. The lowest BCUT2D eigenvalue weighted by Crippen LogP contribution is -2.31. The number of methoxy groups -OCH3 is 2. The Hall–Kier alpha value is -3.25. The minimum Gasteiger partial charge on any atom is -0.494 e. The molecule has 2 atom stereocenters. The highest BCUT2D eigenvalue weighted by molar-refractivity contribution is 7.93. The molecule has 190 valence electrons. The van der Waals surface area contributed by atoms with Crippen molar-refractivity contribution in [1.82, 2.24) is 24.7 Å². The highest BCUT2D eigenvalue weighted by atomic mass is 32.2. The molecule has 2 heterocycles. The van der Waals surface area contributed by atoms with E-state index in [4.69, 9.17) is 9.47 Å². The zero-order valence-corrected chi connectivity index (χ0v) is 21.4. The minimum absolute atomic E-state index is 0.00988. The molecule has 11 nitrogen and oxygen atoms in total. The van der Waals surface area contributed by atoms with E-state index in [2.05, 4.69) is 24.9 Å². The molecule has 3 rings (SSSR count). The smallest absolute Gasteiger partial charge is 0.243 e. The predicted octanol–water partition coefficient (Wildman–Crippen LogP) is 2.63. The van der Waals surface area contributed by atoms with Crippen molar-refractivity contribution in [1.29, 1.82) is 0 Å². The van der Waals surface area contributed by atoms with Crippen LogP contribution in [-0.2, 0) is 16.4 Å². The van der Waals surface area contributed by atoms with Gasteiger partial charge in [-0.3, -0.25) is 9.29 Å². The molecule has 0 bridgehead atoms. The first-order valence-corrected chi connectivity index (χ1v) is 12.8. The van der Waals surface area contributed by atoms with E-state index in [-0.39, 0.29) is 12.6 Å². The summed E-state index contributed by atoms with van der Waals surface area (Å²) in [5, 5.41) is 16.7. The first-order valence-electron chi connectivity index (χ1n) is 11.3. The Morgan fingerprint density at radius 2 is 1.69 bits per heavy atom. The minimum atomic E-state index is -3.93. The first-order chi connectivity index (χ1) is 16.7. The molecule has 0 spiro atoms. The van der Waals surface area contributed by atoms with Crippen molar-refractivity contribution in [2.75, 3.05) is 25.5 Å². The molecule has 0 aliphatic carbocycles. The van der Waals surface area contributed by atoms with Gasteiger partial charge in [0.2, 0.25) is 16.0 Å². The molecule has 0 aliphatic heterocycles. The fourth-order valence-electron chi connectivity index (χ4n) is 3.56. The molecule has 2 N–H and O–H groups in total. The Kier molecular flexibility index (Phi) is 8.62. The van der Waals surface area contributed by atoms with E-state index in [1.807, 2.05) is 6.92 Å². The van der Waals surface area contributed by atoms with E-state index < -0.39 is 21.2 Å². The number of nitrogens with zero attached hydrogens (tertiary/aromatic N) is 5. The Morgan fingerprint density at radius 3 is 2.26 bits per heavy atom. The second kappa shape index (κ2) is 11.5. The maximum Gasteiger partial charge on any atom is 0.243 e. The van der Waals surface area contributed by atoms with Gasteiger partial charge in [-0.1, -0.05) is 13.0 Å². The standard InChI is InChI=1S/C23H32N6O5S/c1-15-13-24-22(25-14-15)16(2)17(3)35(31,32)28-23-27-26-20(11-6-7-12-30)29(23)21-18(33-4)9-8-10-19(21)34-5/h8-10,13-14,16-17,30H,6-7,11-12H2,1-5H3,(H,27,28). The van der Waals surface area contributed by atoms with E-state index in [9.17, 15) is 13.5 Å². The summed E-state index contributed by atoms with van der Waals surface area (Å²) in [6, 6.07) is 5.26. The van der Waals surface area contributed by atoms with Crippen molar-refractivity contribution in [2.24, 2.45) is 0 Å². The monoisotopic (exact) mass is 504 g/mol. The predicted molar refractivity (Wildman–Crippen MR) is 132 cm³/mol. The van der Waals surface area contributed by atoms with E-state index >= 15 is 0 Å². The van der Waals surface area contributed by atoms with Gasteiger partial charge in [-0.25, -0.2) is 18.4 Å². The molecular weight excluding hydrogens is 472 g/mol. The summed E-state index contributed by atoms with van der Waals surface area (Å²) >= 11 is 0. The number of rotatable bonds is 12. The largest absolute Gasteiger partial charge is 0.494 e. The van der Waals surface area contributed by atoms with Crippen LogP contribution < -0.4 is 14.2 Å². The van der Waals surface area contributed by atoms with Gasteiger partial charge in [-0.2, -0.15) is 0 Å². The summed E-state index contributed by atoms with van der Waals surface area (Å²) in [7, 11) is -0.893. The van der Waals surface area contributed by atoms with Crippen LogP contribution in [0.4, 0.5) is 5.95 Å².